The minimum atomic E-state index is -1.03. The maximum Gasteiger partial charge on any atom is 0.323 e. The van der Waals surface area contributed by atoms with Crippen molar-refractivity contribution in [2.75, 3.05) is 19.6 Å². The first kappa shape index (κ1) is 14.6. The van der Waals surface area contributed by atoms with Gasteiger partial charge < -0.3 is 15.7 Å². The Kier molecular flexibility index (Phi) is 7.20. The fourth-order valence-electron chi connectivity index (χ4n) is 1.50. The van der Waals surface area contributed by atoms with Gasteiger partial charge >= 0.3 is 5.97 Å². The van der Waals surface area contributed by atoms with Gasteiger partial charge in [-0.1, -0.05) is 19.4 Å². The van der Waals surface area contributed by atoms with Gasteiger partial charge in [-0.3, -0.25) is 9.59 Å². The second-order valence-corrected chi connectivity index (χ2v) is 3.62. The van der Waals surface area contributed by atoms with Gasteiger partial charge in [0, 0.05) is 13.1 Å². The lowest BCUT2D eigenvalue weighted by molar-refractivity contribution is -0.145. The summed E-state index contributed by atoms with van der Waals surface area (Å²) >= 11 is 0. The Morgan fingerprint density at radius 3 is 2.56 bits per heavy atom. The van der Waals surface area contributed by atoms with E-state index < -0.39 is 5.97 Å². The van der Waals surface area contributed by atoms with Crippen molar-refractivity contribution in [2.45, 2.75) is 19.8 Å². The first-order valence-electron chi connectivity index (χ1n) is 5.38. The zero-order valence-electron chi connectivity index (χ0n) is 9.69. The van der Waals surface area contributed by atoms with Crippen molar-refractivity contribution >= 4 is 11.9 Å². The number of carboxylic acids is 1. The van der Waals surface area contributed by atoms with Gasteiger partial charge in [0.2, 0.25) is 5.91 Å². The molecule has 0 heterocycles. The summed E-state index contributed by atoms with van der Waals surface area (Å²) in [5.74, 6) is -1.52. The summed E-state index contributed by atoms with van der Waals surface area (Å²) in [6.45, 7) is 5.66. The standard InChI is InChI=1S/C11H20N2O3/c1-3-5-9(7-12)11(16)13(6-4-2)8-10(14)15/h4,9H,2-3,5-8,12H2,1H3,(H,14,15). The van der Waals surface area contributed by atoms with Crippen LogP contribution in [0.25, 0.3) is 0 Å². The maximum atomic E-state index is 11.9. The van der Waals surface area contributed by atoms with E-state index >= 15 is 0 Å². The molecule has 1 unspecified atom stereocenters. The molecule has 0 saturated carbocycles. The molecule has 5 nitrogen and oxygen atoms in total. The van der Waals surface area contributed by atoms with Gasteiger partial charge in [0.05, 0.1) is 5.92 Å². The molecule has 16 heavy (non-hydrogen) atoms. The van der Waals surface area contributed by atoms with E-state index in [1.54, 1.807) is 0 Å². The molecule has 0 aromatic heterocycles. The SMILES string of the molecule is C=CCN(CC(=O)O)C(=O)C(CN)CCC. The van der Waals surface area contributed by atoms with Crippen LogP contribution in [0.4, 0.5) is 0 Å². The molecule has 0 aliphatic rings. The van der Waals surface area contributed by atoms with Crippen LogP contribution in [0, 0.1) is 5.92 Å². The number of carboxylic acid groups (broad SMARTS) is 1. The van der Waals surface area contributed by atoms with E-state index in [0.717, 1.165) is 6.42 Å². The van der Waals surface area contributed by atoms with E-state index in [1.807, 2.05) is 6.92 Å². The molecular weight excluding hydrogens is 208 g/mol. The van der Waals surface area contributed by atoms with Gasteiger partial charge in [-0.15, -0.1) is 6.58 Å². The third-order valence-electron chi connectivity index (χ3n) is 2.26. The zero-order chi connectivity index (χ0) is 12.6. The number of carbonyl (C=O) groups is 2. The monoisotopic (exact) mass is 228 g/mol. The lowest BCUT2D eigenvalue weighted by Gasteiger charge is -2.23. The highest BCUT2D eigenvalue weighted by atomic mass is 16.4. The van der Waals surface area contributed by atoms with Gasteiger partial charge in [-0.05, 0) is 6.42 Å². The number of hydrogen-bond donors (Lipinski definition) is 2. The Morgan fingerprint density at radius 1 is 1.56 bits per heavy atom. The molecule has 5 heteroatoms. The molecule has 0 aliphatic heterocycles. The van der Waals surface area contributed by atoms with Crippen LogP contribution < -0.4 is 5.73 Å². The molecule has 0 aromatic carbocycles. The molecule has 1 amide bonds. The average molecular weight is 228 g/mol. The van der Waals surface area contributed by atoms with Crippen molar-refractivity contribution < 1.29 is 14.7 Å². The first-order chi connectivity index (χ1) is 7.56. The lowest BCUT2D eigenvalue weighted by Crippen LogP contribution is -2.42. The van der Waals surface area contributed by atoms with E-state index in [1.165, 1.54) is 11.0 Å². The van der Waals surface area contributed by atoms with Gasteiger partial charge in [0.25, 0.3) is 0 Å². The maximum absolute atomic E-state index is 11.9. The molecule has 0 spiro atoms. The van der Waals surface area contributed by atoms with Crippen molar-refractivity contribution in [3.63, 3.8) is 0 Å². The number of carbonyl (C=O) groups excluding carboxylic acids is 1. The van der Waals surface area contributed by atoms with E-state index in [2.05, 4.69) is 6.58 Å². The second kappa shape index (κ2) is 7.87. The Morgan fingerprint density at radius 2 is 2.19 bits per heavy atom. The summed E-state index contributed by atoms with van der Waals surface area (Å²) < 4.78 is 0. The van der Waals surface area contributed by atoms with Gasteiger partial charge in [0.1, 0.15) is 6.54 Å². The average Bonchev–Trinajstić information content (AvgIpc) is 2.23. The molecule has 0 radical (unpaired) electrons. The van der Waals surface area contributed by atoms with Crippen LogP contribution in [-0.4, -0.2) is 41.5 Å². The summed E-state index contributed by atoms with van der Waals surface area (Å²) in [5, 5.41) is 8.68. The Bertz CT molecular complexity index is 254. The molecular formula is C11H20N2O3. The molecule has 0 aliphatic carbocycles. The Balaban J connectivity index is 4.55. The number of hydrogen-bond acceptors (Lipinski definition) is 3. The van der Waals surface area contributed by atoms with Crippen molar-refractivity contribution in [3.8, 4) is 0 Å². The van der Waals surface area contributed by atoms with Gasteiger partial charge in [-0.25, -0.2) is 0 Å². The molecule has 0 saturated heterocycles. The van der Waals surface area contributed by atoms with Crippen molar-refractivity contribution in [2.24, 2.45) is 11.7 Å². The van der Waals surface area contributed by atoms with Crippen molar-refractivity contribution in [1.82, 2.24) is 4.90 Å². The molecule has 0 aromatic rings. The summed E-state index contributed by atoms with van der Waals surface area (Å²) in [6, 6.07) is 0. The summed E-state index contributed by atoms with van der Waals surface area (Å²) in [7, 11) is 0. The van der Waals surface area contributed by atoms with Crippen LogP contribution in [0.5, 0.6) is 0 Å². The van der Waals surface area contributed by atoms with Gasteiger partial charge in [-0.2, -0.15) is 0 Å². The largest absolute Gasteiger partial charge is 0.480 e. The molecule has 0 fully saturated rings. The molecule has 1 atom stereocenters. The Hall–Kier alpha value is -1.36. The number of nitrogens with two attached hydrogens (primary N) is 1. The van der Waals surface area contributed by atoms with Crippen LogP contribution in [-0.2, 0) is 9.59 Å². The van der Waals surface area contributed by atoms with Crippen LogP contribution in [0.1, 0.15) is 19.8 Å². The third kappa shape index (κ3) is 4.93. The topological polar surface area (TPSA) is 83.6 Å². The van der Waals surface area contributed by atoms with Crippen molar-refractivity contribution in [3.05, 3.63) is 12.7 Å². The summed E-state index contributed by atoms with van der Waals surface area (Å²) in [5.41, 5.74) is 5.50. The van der Waals surface area contributed by atoms with E-state index in [9.17, 15) is 9.59 Å². The highest BCUT2D eigenvalue weighted by Crippen LogP contribution is 2.09. The van der Waals surface area contributed by atoms with Crippen LogP contribution in [0.2, 0.25) is 0 Å². The van der Waals surface area contributed by atoms with E-state index in [-0.39, 0.29) is 31.5 Å². The second-order valence-electron chi connectivity index (χ2n) is 3.62. The molecule has 92 valence electrons. The third-order valence-corrected chi connectivity index (χ3v) is 2.26. The minimum absolute atomic E-state index is 0.202. The number of rotatable bonds is 8. The lowest BCUT2D eigenvalue weighted by atomic mass is 10.0. The number of amides is 1. The predicted molar refractivity (Wildman–Crippen MR) is 61.9 cm³/mol. The smallest absolute Gasteiger partial charge is 0.323 e. The highest BCUT2D eigenvalue weighted by molar-refractivity contribution is 5.83. The quantitative estimate of drug-likeness (QED) is 0.591. The zero-order valence-corrected chi connectivity index (χ0v) is 9.69. The number of aliphatic carboxylic acids is 1. The first-order valence-corrected chi connectivity index (χ1v) is 5.38. The minimum Gasteiger partial charge on any atom is -0.480 e. The fraction of sp³-hybridized carbons (Fsp3) is 0.636. The summed E-state index contributed by atoms with van der Waals surface area (Å²) in [4.78, 5) is 23.8. The predicted octanol–water partition coefficient (Wildman–Crippen LogP) is 0.461. The van der Waals surface area contributed by atoms with Crippen LogP contribution >= 0.6 is 0 Å². The molecule has 0 bridgehead atoms. The van der Waals surface area contributed by atoms with E-state index in [0.29, 0.717) is 6.42 Å². The van der Waals surface area contributed by atoms with Crippen LogP contribution in [0.15, 0.2) is 12.7 Å². The normalized spacial score (nSPS) is 11.9. The molecule has 3 N–H and O–H groups in total. The van der Waals surface area contributed by atoms with Gasteiger partial charge in [0.15, 0.2) is 0 Å². The highest BCUT2D eigenvalue weighted by Gasteiger charge is 2.23. The van der Waals surface area contributed by atoms with E-state index in [4.69, 9.17) is 10.8 Å². The summed E-state index contributed by atoms with van der Waals surface area (Å²) in [6.07, 6.45) is 3.05. The Labute approximate surface area is 95.9 Å². The fourth-order valence-corrected chi connectivity index (χ4v) is 1.50. The number of nitrogens with zero attached hydrogens (tertiary/aromatic N) is 1. The van der Waals surface area contributed by atoms with Crippen molar-refractivity contribution in [1.29, 1.82) is 0 Å². The molecule has 0 rings (SSSR count). The van der Waals surface area contributed by atoms with Crippen LogP contribution in [0.3, 0.4) is 0 Å².